The van der Waals surface area contributed by atoms with Gasteiger partial charge in [-0.3, -0.25) is 4.99 Å². The molecule has 0 saturated carbocycles. The molecule has 52 heavy (non-hydrogen) atoms. The van der Waals surface area contributed by atoms with E-state index in [4.69, 9.17) is 0 Å². The summed E-state index contributed by atoms with van der Waals surface area (Å²) in [5.74, 6) is 0. The largest absolute Gasteiger partial charge is 0.296 e. The van der Waals surface area contributed by atoms with E-state index in [1.165, 1.54) is 98.7 Å². The number of aliphatic imine (C=N–C) groups is 1. The van der Waals surface area contributed by atoms with Crippen LogP contribution < -0.4 is 0 Å². The molecule has 0 heterocycles. The number of hydrogen-bond acceptors (Lipinski definition) is 1. The lowest BCUT2D eigenvalue weighted by Crippen LogP contribution is -2.15. The molecule has 0 amide bonds. The highest BCUT2D eigenvalue weighted by Gasteiger charge is 2.36. The van der Waals surface area contributed by atoms with E-state index < -0.39 is 0 Å². The zero-order valence-electron chi connectivity index (χ0n) is 29.6. The molecule has 9 aromatic carbocycles. The molecule has 1 aliphatic rings. The first kappa shape index (κ1) is 30.5. The first-order valence-electron chi connectivity index (χ1n) is 18.2. The maximum absolute atomic E-state index is 4.28. The third kappa shape index (κ3) is 4.52. The summed E-state index contributed by atoms with van der Waals surface area (Å²) in [6.07, 6.45) is 1.95. The molecule has 0 aromatic heterocycles. The van der Waals surface area contributed by atoms with Crippen molar-refractivity contribution >= 4 is 49.3 Å². The van der Waals surface area contributed by atoms with Crippen LogP contribution in [0.5, 0.6) is 0 Å². The minimum absolute atomic E-state index is 0.123. The second kappa shape index (κ2) is 11.6. The smallest absolute Gasteiger partial charge is 0.0281 e. The molecular weight excluding hydrogens is 627 g/mol. The van der Waals surface area contributed by atoms with Gasteiger partial charge in [0.15, 0.2) is 0 Å². The second-order valence-electron chi connectivity index (χ2n) is 14.7. The van der Waals surface area contributed by atoms with Gasteiger partial charge in [0, 0.05) is 18.7 Å². The molecule has 0 bridgehead atoms. The molecule has 10 rings (SSSR count). The van der Waals surface area contributed by atoms with Crippen LogP contribution in [-0.2, 0) is 5.41 Å². The summed E-state index contributed by atoms with van der Waals surface area (Å²) < 4.78 is 0. The maximum atomic E-state index is 4.28. The molecule has 1 heteroatoms. The van der Waals surface area contributed by atoms with Gasteiger partial charge in [-0.15, -0.1) is 0 Å². The van der Waals surface area contributed by atoms with E-state index in [0.29, 0.717) is 0 Å². The fourth-order valence-corrected chi connectivity index (χ4v) is 9.00. The first-order valence-corrected chi connectivity index (χ1v) is 18.2. The summed E-state index contributed by atoms with van der Waals surface area (Å²) in [6.45, 7) is 4.72. The third-order valence-corrected chi connectivity index (χ3v) is 11.5. The van der Waals surface area contributed by atoms with Gasteiger partial charge >= 0.3 is 0 Å². The van der Waals surface area contributed by atoms with E-state index in [2.05, 4.69) is 183 Å². The van der Waals surface area contributed by atoms with E-state index in [9.17, 15) is 0 Å². The number of rotatable bonds is 4. The Kier molecular flexibility index (Phi) is 6.82. The van der Waals surface area contributed by atoms with Crippen molar-refractivity contribution in [2.45, 2.75) is 19.3 Å². The Bertz CT molecular complexity index is 2870. The summed E-state index contributed by atoms with van der Waals surface area (Å²) in [5.41, 5.74) is 14.0. The van der Waals surface area contributed by atoms with Crippen molar-refractivity contribution in [3.8, 4) is 44.5 Å². The average Bonchev–Trinajstić information content (AvgIpc) is 3.41. The van der Waals surface area contributed by atoms with Crippen LogP contribution in [0.2, 0.25) is 0 Å². The molecule has 0 unspecified atom stereocenters. The Morgan fingerprint density at radius 2 is 0.885 bits per heavy atom. The average molecular weight is 664 g/mol. The van der Waals surface area contributed by atoms with E-state index in [1.54, 1.807) is 0 Å². The molecule has 0 saturated heterocycles. The van der Waals surface area contributed by atoms with Gasteiger partial charge in [-0.2, -0.15) is 0 Å². The van der Waals surface area contributed by atoms with Crippen LogP contribution in [0, 0.1) is 0 Å². The Morgan fingerprint density at radius 1 is 0.404 bits per heavy atom. The van der Waals surface area contributed by atoms with Crippen molar-refractivity contribution < 1.29 is 0 Å². The molecule has 0 atom stereocenters. The fraction of sp³-hybridized carbons (Fsp3) is 0.0784. The topological polar surface area (TPSA) is 12.4 Å². The Hall–Kier alpha value is -6.31. The van der Waals surface area contributed by atoms with E-state index in [1.807, 2.05) is 13.3 Å². The lowest BCUT2D eigenvalue weighted by molar-refractivity contribution is 0.660. The number of nitrogens with zero attached hydrogens (tertiary/aromatic N) is 1. The highest BCUT2D eigenvalue weighted by molar-refractivity contribution is 6.21. The van der Waals surface area contributed by atoms with Gasteiger partial charge in [0.05, 0.1) is 0 Å². The van der Waals surface area contributed by atoms with E-state index in [0.717, 1.165) is 5.56 Å². The van der Waals surface area contributed by atoms with Gasteiger partial charge in [0.25, 0.3) is 0 Å². The highest BCUT2D eigenvalue weighted by Crippen LogP contribution is 2.51. The van der Waals surface area contributed by atoms with Crippen molar-refractivity contribution in [2.24, 2.45) is 4.99 Å². The standard InChI is InChI=1S/C51H37N/c1-51(2)47-28-32(31-52-3)20-26-40(47)41-27-25-36(30-48(41)51)50-44-18-10-8-16-42(44)49(43-17-9-11-19-45(43)50)34-23-21-33(22-24-34)46-29-35-12-4-5-13-37(35)38-14-6-7-15-39(38)46/h4-31H,1-3H3. The van der Waals surface area contributed by atoms with Crippen LogP contribution in [0.15, 0.2) is 169 Å². The van der Waals surface area contributed by atoms with Crippen LogP contribution in [0.1, 0.15) is 30.5 Å². The normalized spacial score (nSPS) is 13.4. The maximum Gasteiger partial charge on any atom is 0.0281 e. The minimum Gasteiger partial charge on any atom is -0.296 e. The fourth-order valence-electron chi connectivity index (χ4n) is 9.00. The second-order valence-corrected chi connectivity index (χ2v) is 14.7. The molecule has 9 aromatic rings. The van der Waals surface area contributed by atoms with Crippen molar-refractivity contribution in [1.29, 1.82) is 0 Å². The molecule has 246 valence electrons. The van der Waals surface area contributed by atoms with Crippen LogP contribution in [-0.4, -0.2) is 13.3 Å². The molecule has 0 radical (unpaired) electrons. The summed E-state index contributed by atoms with van der Waals surface area (Å²) in [5, 5.41) is 10.2. The van der Waals surface area contributed by atoms with Crippen LogP contribution in [0.4, 0.5) is 0 Å². The van der Waals surface area contributed by atoms with Gasteiger partial charge in [-0.1, -0.05) is 159 Å². The lowest BCUT2D eigenvalue weighted by Gasteiger charge is -2.23. The predicted molar refractivity (Wildman–Crippen MR) is 224 cm³/mol. The van der Waals surface area contributed by atoms with Crippen LogP contribution in [0.25, 0.3) is 87.6 Å². The van der Waals surface area contributed by atoms with Gasteiger partial charge in [-0.25, -0.2) is 0 Å². The minimum atomic E-state index is -0.123. The highest BCUT2D eigenvalue weighted by atomic mass is 14.6. The molecule has 0 spiro atoms. The van der Waals surface area contributed by atoms with Gasteiger partial charge < -0.3 is 0 Å². The zero-order valence-corrected chi connectivity index (χ0v) is 29.6. The van der Waals surface area contributed by atoms with Gasteiger partial charge in [-0.05, 0) is 122 Å². The first-order chi connectivity index (χ1) is 25.5. The summed E-state index contributed by atoms with van der Waals surface area (Å²) in [4.78, 5) is 4.28. The monoisotopic (exact) mass is 663 g/mol. The SMILES string of the molecule is CN=Cc1ccc2c(c1)C(C)(C)c1cc(-c3c4ccccc4c(-c4ccc(-c5cc6ccccc6c6ccccc56)cc4)c4ccccc34)ccc1-2. The van der Waals surface area contributed by atoms with Crippen molar-refractivity contribution in [1.82, 2.24) is 0 Å². The van der Waals surface area contributed by atoms with E-state index in [-0.39, 0.29) is 5.41 Å². The molecule has 0 N–H and O–H groups in total. The molecule has 1 nitrogen and oxygen atoms in total. The molecule has 0 fully saturated rings. The van der Waals surface area contributed by atoms with Crippen LogP contribution >= 0.6 is 0 Å². The number of hydrogen-bond donors (Lipinski definition) is 0. The molecular formula is C51H37N. The van der Waals surface area contributed by atoms with E-state index >= 15 is 0 Å². The molecule has 0 aliphatic heterocycles. The van der Waals surface area contributed by atoms with Crippen LogP contribution in [0.3, 0.4) is 0 Å². The lowest BCUT2D eigenvalue weighted by atomic mass is 9.80. The van der Waals surface area contributed by atoms with Crippen molar-refractivity contribution in [2.75, 3.05) is 7.05 Å². The molecule has 1 aliphatic carbocycles. The predicted octanol–water partition coefficient (Wildman–Crippen LogP) is 13.7. The Labute approximate surface area is 304 Å². The number of benzene rings is 9. The quantitative estimate of drug-likeness (QED) is 0.101. The summed E-state index contributed by atoms with van der Waals surface area (Å²) in [7, 11) is 1.84. The summed E-state index contributed by atoms with van der Waals surface area (Å²) in [6, 6.07) is 60.9. The van der Waals surface area contributed by atoms with Gasteiger partial charge in [0.2, 0.25) is 0 Å². The summed E-state index contributed by atoms with van der Waals surface area (Å²) >= 11 is 0. The Balaban J connectivity index is 1.14. The zero-order chi connectivity index (χ0) is 35.0. The Morgan fingerprint density at radius 3 is 1.52 bits per heavy atom. The van der Waals surface area contributed by atoms with Crippen molar-refractivity contribution in [3.63, 3.8) is 0 Å². The van der Waals surface area contributed by atoms with Gasteiger partial charge in [0.1, 0.15) is 0 Å². The number of fused-ring (bicyclic) bond motifs is 8. The third-order valence-electron chi connectivity index (χ3n) is 11.5. The van der Waals surface area contributed by atoms with Crippen molar-refractivity contribution in [3.05, 3.63) is 180 Å².